The Hall–Kier alpha value is -1.67. The van der Waals surface area contributed by atoms with Gasteiger partial charge in [-0.05, 0) is 37.6 Å². The molecule has 0 saturated carbocycles. The highest BCUT2D eigenvalue weighted by molar-refractivity contribution is 6.31. The number of nitrogens with two attached hydrogens (primary N) is 1. The number of benzene rings is 2. The van der Waals surface area contributed by atoms with Crippen LogP contribution in [0.15, 0.2) is 42.5 Å². The zero-order valence-electron chi connectivity index (χ0n) is 11.4. The van der Waals surface area contributed by atoms with Crippen LogP contribution >= 0.6 is 11.6 Å². The third-order valence-corrected chi connectivity index (χ3v) is 3.70. The topological polar surface area (TPSA) is 29.3 Å². The second-order valence-electron chi connectivity index (χ2n) is 4.61. The summed E-state index contributed by atoms with van der Waals surface area (Å²) in [5.41, 5.74) is 10.3. The maximum Gasteiger partial charge on any atom is 0.0476 e. The average Bonchev–Trinajstić information content (AvgIpc) is 2.40. The van der Waals surface area contributed by atoms with Gasteiger partial charge in [0.1, 0.15) is 0 Å². The molecule has 0 aromatic heterocycles. The number of halogens is 1. The van der Waals surface area contributed by atoms with Gasteiger partial charge in [-0.15, -0.1) is 0 Å². The van der Waals surface area contributed by atoms with Crippen molar-refractivity contribution in [3.8, 4) is 0 Å². The SMILES string of the molecule is CCN(Cc1c(N)cccc1Cl)c1ccccc1C. The highest BCUT2D eigenvalue weighted by Crippen LogP contribution is 2.27. The van der Waals surface area contributed by atoms with Gasteiger partial charge in [-0.2, -0.15) is 0 Å². The second kappa shape index (κ2) is 5.98. The number of rotatable bonds is 4. The molecule has 2 rings (SSSR count). The van der Waals surface area contributed by atoms with Gasteiger partial charge in [0.05, 0.1) is 0 Å². The van der Waals surface area contributed by atoms with E-state index >= 15 is 0 Å². The fraction of sp³-hybridized carbons (Fsp3) is 0.250. The Labute approximate surface area is 119 Å². The van der Waals surface area contributed by atoms with Crippen LogP contribution in [0.4, 0.5) is 11.4 Å². The molecule has 2 N–H and O–H groups in total. The minimum absolute atomic E-state index is 0.729. The summed E-state index contributed by atoms with van der Waals surface area (Å²) in [4.78, 5) is 2.28. The number of hydrogen-bond acceptors (Lipinski definition) is 2. The van der Waals surface area contributed by atoms with E-state index in [4.69, 9.17) is 17.3 Å². The molecule has 0 spiro atoms. The van der Waals surface area contributed by atoms with Crippen molar-refractivity contribution >= 4 is 23.0 Å². The molecule has 0 bridgehead atoms. The van der Waals surface area contributed by atoms with Gasteiger partial charge in [0.2, 0.25) is 0 Å². The molecule has 0 unspecified atom stereocenters. The molecule has 0 atom stereocenters. The van der Waals surface area contributed by atoms with Gasteiger partial charge in [0.15, 0.2) is 0 Å². The van der Waals surface area contributed by atoms with Crippen LogP contribution in [0.3, 0.4) is 0 Å². The Morgan fingerprint density at radius 3 is 2.47 bits per heavy atom. The average molecular weight is 275 g/mol. The van der Waals surface area contributed by atoms with Gasteiger partial charge < -0.3 is 10.6 Å². The predicted molar refractivity (Wildman–Crippen MR) is 83.8 cm³/mol. The molecule has 19 heavy (non-hydrogen) atoms. The quantitative estimate of drug-likeness (QED) is 0.844. The Morgan fingerprint density at radius 1 is 1.11 bits per heavy atom. The molecule has 0 amide bonds. The van der Waals surface area contributed by atoms with Crippen molar-refractivity contribution < 1.29 is 0 Å². The lowest BCUT2D eigenvalue weighted by molar-refractivity contribution is 0.830. The normalized spacial score (nSPS) is 10.5. The van der Waals surface area contributed by atoms with Gasteiger partial charge in [0, 0.05) is 35.1 Å². The Balaban J connectivity index is 2.32. The van der Waals surface area contributed by atoms with Crippen molar-refractivity contribution in [2.24, 2.45) is 0 Å². The fourth-order valence-electron chi connectivity index (χ4n) is 2.22. The molecular formula is C16H19ClN2. The molecule has 3 heteroatoms. The van der Waals surface area contributed by atoms with E-state index in [1.807, 2.05) is 18.2 Å². The third kappa shape index (κ3) is 3.02. The maximum absolute atomic E-state index is 6.25. The predicted octanol–water partition coefficient (Wildman–Crippen LogP) is 4.26. The van der Waals surface area contributed by atoms with Gasteiger partial charge in [-0.25, -0.2) is 0 Å². The molecule has 2 aromatic carbocycles. The minimum atomic E-state index is 0.729. The van der Waals surface area contributed by atoms with Crippen LogP contribution in [0.25, 0.3) is 0 Å². The summed E-state index contributed by atoms with van der Waals surface area (Å²) in [5.74, 6) is 0. The number of para-hydroxylation sites is 1. The first-order valence-electron chi connectivity index (χ1n) is 6.47. The fourth-order valence-corrected chi connectivity index (χ4v) is 2.46. The summed E-state index contributed by atoms with van der Waals surface area (Å²) in [6, 6.07) is 14.0. The van der Waals surface area contributed by atoms with E-state index in [1.165, 1.54) is 11.3 Å². The molecule has 0 fully saturated rings. The van der Waals surface area contributed by atoms with Crippen LogP contribution in [-0.2, 0) is 6.54 Å². The van der Waals surface area contributed by atoms with E-state index in [2.05, 4.69) is 43.0 Å². The van der Waals surface area contributed by atoms with Gasteiger partial charge >= 0.3 is 0 Å². The first-order valence-corrected chi connectivity index (χ1v) is 6.84. The first kappa shape index (κ1) is 13.8. The smallest absolute Gasteiger partial charge is 0.0476 e. The largest absolute Gasteiger partial charge is 0.398 e. The van der Waals surface area contributed by atoms with E-state index in [0.717, 1.165) is 29.4 Å². The molecule has 2 aromatic rings. The van der Waals surface area contributed by atoms with E-state index in [9.17, 15) is 0 Å². The lowest BCUT2D eigenvalue weighted by Gasteiger charge is -2.26. The summed E-state index contributed by atoms with van der Waals surface area (Å²) in [6.07, 6.45) is 0. The molecule has 0 saturated heterocycles. The molecular weight excluding hydrogens is 256 g/mol. The zero-order chi connectivity index (χ0) is 13.8. The maximum atomic E-state index is 6.25. The molecule has 0 aliphatic heterocycles. The second-order valence-corrected chi connectivity index (χ2v) is 5.02. The highest BCUT2D eigenvalue weighted by Gasteiger charge is 2.11. The van der Waals surface area contributed by atoms with Crippen molar-refractivity contribution in [2.75, 3.05) is 17.2 Å². The summed E-state index contributed by atoms with van der Waals surface area (Å²) in [7, 11) is 0. The molecule has 0 aliphatic carbocycles. The monoisotopic (exact) mass is 274 g/mol. The molecule has 100 valence electrons. The van der Waals surface area contributed by atoms with Crippen LogP contribution in [-0.4, -0.2) is 6.54 Å². The van der Waals surface area contributed by atoms with Crippen LogP contribution in [0, 0.1) is 6.92 Å². The van der Waals surface area contributed by atoms with Gasteiger partial charge in [-0.1, -0.05) is 35.9 Å². The Kier molecular flexibility index (Phi) is 4.33. The first-order chi connectivity index (χ1) is 9.13. The standard InChI is InChI=1S/C16H19ClN2/c1-3-19(16-10-5-4-7-12(16)2)11-13-14(17)8-6-9-15(13)18/h4-10H,3,11,18H2,1-2H3. The molecule has 0 radical (unpaired) electrons. The van der Waals surface area contributed by atoms with Crippen molar-refractivity contribution in [2.45, 2.75) is 20.4 Å². The summed E-state index contributed by atoms with van der Waals surface area (Å²) in [5, 5.41) is 0.729. The molecule has 0 aliphatic rings. The minimum Gasteiger partial charge on any atom is -0.398 e. The van der Waals surface area contributed by atoms with E-state index < -0.39 is 0 Å². The number of aryl methyl sites for hydroxylation is 1. The summed E-state index contributed by atoms with van der Waals surface area (Å²) >= 11 is 6.25. The van der Waals surface area contributed by atoms with Crippen molar-refractivity contribution in [3.63, 3.8) is 0 Å². The van der Waals surface area contributed by atoms with E-state index in [-0.39, 0.29) is 0 Å². The van der Waals surface area contributed by atoms with E-state index in [0.29, 0.717) is 0 Å². The lowest BCUT2D eigenvalue weighted by atomic mass is 10.1. The van der Waals surface area contributed by atoms with Gasteiger partial charge in [0.25, 0.3) is 0 Å². The van der Waals surface area contributed by atoms with Crippen LogP contribution < -0.4 is 10.6 Å². The third-order valence-electron chi connectivity index (χ3n) is 3.34. The summed E-state index contributed by atoms with van der Waals surface area (Å²) < 4.78 is 0. The van der Waals surface area contributed by atoms with Crippen molar-refractivity contribution in [1.29, 1.82) is 0 Å². The number of hydrogen-bond donors (Lipinski definition) is 1. The summed E-state index contributed by atoms with van der Waals surface area (Å²) in [6.45, 7) is 5.90. The molecule has 2 nitrogen and oxygen atoms in total. The number of nitrogens with zero attached hydrogens (tertiary/aromatic N) is 1. The Bertz CT molecular complexity index is 546. The van der Waals surface area contributed by atoms with Crippen LogP contribution in [0.1, 0.15) is 18.1 Å². The van der Waals surface area contributed by atoms with Crippen LogP contribution in [0.2, 0.25) is 5.02 Å². The van der Waals surface area contributed by atoms with Crippen molar-refractivity contribution in [1.82, 2.24) is 0 Å². The highest BCUT2D eigenvalue weighted by atomic mass is 35.5. The van der Waals surface area contributed by atoms with E-state index in [1.54, 1.807) is 0 Å². The van der Waals surface area contributed by atoms with Gasteiger partial charge in [-0.3, -0.25) is 0 Å². The van der Waals surface area contributed by atoms with Crippen LogP contribution in [0.5, 0.6) is 0 Å². The Morgan fingerprint density at radius 2 is 1.84 bits per heavy atom. The lowest BCUT2D eigenvalue weighted by Crippen LogP contribution is -2.23. The molecule has 0 heterocycles. The van der Waals surface area contributed by atoms with Crippen molar-refractivity contribution in [3.05, 3.63) is 58.6 Å². The number of nitrogen functional groups attached to an aromatic ring is 1. The number of anilines is 2. The zero-order valence-corrected chi connectivity index (χ0v) is 12.1.